The summed E-state index contributed by atoms with van der Waals surface area (Å²) in [4.78, 5) is 0. The Hall–Kier alpha value is -2.11. The zero-order valence-electron chi connectivity index (χ0n) is 12.1. The third-order valence-electron chi connectivity index (χ3n) is 4.42. The molecule has 0 aromatic heterocycles. The smallest absolute Gasteiger partial charge is 0.0852 e. The summed E-state index contributed by atoms with van der Waals surface area (Å²) in [6, 6.07) is 23.7. The van der Waals surface area contributed by atoms with Gasteiger partial charge in [0.1, 0.15) is 0 Å². The summed E-state index contributed by atoms with van der Waals surface area (Å²) >= 11 is 0. The largest absolute Gasteiger partial charge is 0.314 e. The Labute approximate surface area is 126 Å². The van der Waals surface area contributed by atoms with Gasteiger partial charge in [-0.05, 0) is 36.9 Å². The summed E-state index contributed by atoms with van der Waals surface area (Å²) in [5.41, 5.74) is 2.25. The van der Waals surface area contributed by atoms with Gasteiger partial charge in [-0.3, -0.25) is 0 Å². The quantitative estimate of drug-likeness (QED) is 0.908. The average molecular weight is 276 g/mol. The van der Waals surface area contributed by atoms with Gasteiger partial charge in [0.2, 0.25) is 0 Å². The molecule has 3 rings (SSSR count). The zero-order chi connectivity index (χ0) is 14.5. The second kappa shape index (κ2) is 6.11. The SMILES string of the molecule is N#CC1(c2ccccc2)CC(NCCc2ccccc2)C1. The Morgan fingerprint density at radius 3 is 2.24 bits per heavy atom. The van der Waals surface area contributed by atoms with Crippen molar-refractivity contribution in [1.82, 2.24) is 5.32 Å². The highest BCUT2D eigenvalue weighted by molar-refractivity contribution is 5.36. The monoisotopic (exact) mass is 276 g/mol. The van der Waals surface area contributed by atoms with Gasteiger partial charge >= 0.3 is 0 Å². The molecule has 0 amide bonds. The highest BCUT2D eigenvalue weighted by atomic mass is 14.9. The maximum atomic E-state index is 9.53. The van der Waals surface area contributed by atoms with Crippen LogP contribution in [0.15, 0.2) is 60.7 Å². The van der Waals surface area contributed by atoms with Gasteiger partial charge in [0.15, 0.2) is 0 Å². The lowest BCUT2D eigenvalue weighted by Crippen LogP contribution is -2.51. The molecular formula is C19H20N2. The molecule has 21 heavy (non-hydrogen) atoms. The molecule has 0 spiro atoms. The zero-order valence-corrected chi connectivity index (χ0v) is 12.1. The van der Waals surface area contributed by atoms with Crippen molar-refractivity contribution >= 4 is 0 Å². The number of benzene rings is 2. The van der Waals surface area contributed by atoms with E-state index in [1.165, 1.54) is 5.56 Å². The lowest BCUT2D eigenvalue weighted by atomic mass is 9.62. The van der Waals surface area contributed by atoms with E-state index in [1.54, 1.807) is 0 Å². The Morgan fingerprint density at radius 1 is 1.00 bits per heavy atom. The Morgan fingerprint density at radius 2 is 1.62 bits per heavy atom. The summed E-state index contributed by atoms with van der Waals surface area (Å²) < 4.78 is 0. The van der Waals surface area contributed by atoms with Crippen molar-refractivity contribution in [2.45, 2.75) is 30.7 Å². The fourth-order valence-corrected chi connectivity index (χ4v) is 3.14. The maximum Gasteiger partial charge on any atom is 0.0852 e. The van der Waals surface area contributed by atoms with Gasteiger partial charge in [-0.2, -0.15) is 5.26 Å². The molecule has 1 saturated carbocycles. The molecule has 1 aliphatic rings. The first-order valence-electron chi connectivity index (χ1n) is 7.56. The number of hydrogen-bond acceptors (Lipinski definition) is 2. The van der Waals surface area contributed by atoms with Gasteiger partial charge in [0.25, 0.3) is 0 Å². The molecule has 0 atom stereocenters. The molecular weight excluding hydrogens is 256 g/mol. The van der Waals surface area contributed by atoms with Gasteiger partial charge in [0.05, 0.1) is 11.5 Å². The molecule has 0 heterocycles. The minimum Gasteiger partial charge on any atom is -0.314 e. The number of nitriles is 1. The molecule has 0 unspecified atom stereocenters. The predicted molar refractivity (Wildman–Crippen MR) is 84.9 cm³/mol. The Bertz CT molecular complexity index is 607. The lowest BCUT2D eigenvalue weighted by molar-refractivity contribution is 0.228. The highest BCUT2D eigenvalue weighted by Gasteiger charge is 2.45. The van der Waals surface area contributed by atoms with Crippen LogP contribution < -0.4 is 5.32 Å². The van der Waals surface area contributed by atoms with Crippen molar-refractivity contribution in [2.24, 2.45) is 0 Å². The van der Waals surface area contributed by atoms with E-state index in [4.69, 9.17) is 0 Å². The first kappa shape index (κ1) is 13.9. The molecule has 1 N–H and O–H groups in total. The predicted octanol–water partition coefficient (Wildman–Crippen LogP) is 3.44. The van der Waals surface area contributed by atoms with E-state index in [9.17, 15) is 5.26 Å². The van der Waals surface area contributed by atoms with Crippen LogP contribution in [-0.4, -0.2) is 12.6 Å². The van der Waals surface area contributed by atoms with Crippen molar-refractivity contribution in [3.8, 4) is 6.07 Å². The van der Waals surface area contributed by atoms with Crippen LogP contribution in [0.4, 0.5) is 0 Å². The molecule has 1 fully saturated rings. The van der Waals surface area contributed by atoms with Crippen molar-refractivity contribution in [1.29, 1.82) is 5.26 Å². The second-order valence-electron chi connectivity index (χ2n) is 5.85. The molecule has 2 nitrogen and oxygen atoms in total. The molecule has 0 aliphatic heterocycles. The first-order valence-corrected chi connectivity index (χ1v) is 7.56. The molecule has 0 saturated heterocycles. The van der Waals surface area contributed by atoms with Gasteiger partial charge in [-0.15, -0.1) is 0 Å². The normalized spacial score (nSPS) is 24.0. The van der Waals surface area contributed by atoms with Crippen molar-refractivity contribution in [3.05, 3.63) is 71.8 Å². The minimum absolute atomic E-state index is 0.272. The number of nitrogens with zero attached hydrogens (tertiary/aromatic N) is 1. The fraction of sp³-hybridized carbons (Fsp3) is 0.316. The van der Waals surface area contributed by atoms with Crippen LogP contribution >= 0.6 is 0 Å². The number of rotatable bonds is 5. The van der Waals surface area contributed by atoms with E-state index < -0.39 is 0 Å². The summed E-state index contributed by atoms with van der Waals surface area (Å²) in [5, 5.41) is 13.1. The molecule has 2 heteroatoms. The lowest BCUT2D eigenvalue weighted by Gasteiger charge is -2.43. The average Bonchev–Trinajstić information content (AvgIpc) is 2.52. The fourth-order valence-electron chi connectivity index (χ4n) is 3.14. The highest BCUT2D eigenvalue weighted by Crippen LogP contribution is 2.43. The molecule has 0 bridgehead atoms. The van der Waals surface area contributed by atoms with E-state index in [0.717, 1.165) is 31.4 Å². The van der Waals surface area contributed by atoms with Gasteiger partial charge in [-0.1, -0.05) is 60.7 Å². The Balaban J connectivity index is 1.50. The molecule has 106 valence electrons. The first-order chi connectivity index (χ1) is 10.3. The van der Waals surface area contributed by atoms with Crippen LogP contribution in [0.2, 0.25) is 0 Å². The van der Waals surface area contributed by atoms with Gasteiger partial charge in [0, 0.05) is 6.04 Å². The van der Waals surface area contributed by atoms with E-state index in [-0.39, 0.29) is 5.41 Å². The maximum absolute atomic E-state index is 9.53. The van der Waals surface area contributed by atoms with E-state index >= 15 is 0 Å². The van der Waals surface area contributed by atoms with Crippen molar-refractivity contribution in [2.75, 3.05) is 6.54 Å². The molecule has 2 aromatic carbocycles. The van der Waals surface area contributed by atoms with Crippen molar-refractivity contribution < 1.29 is 0 Å². The van der Waals surface area contributed by atoms with Crippen LogP contribution in [0, 0.1) is 11.3 Å². The van der Waals surface area contributed by atoms with E-state index in [1.807, 2.05) is 24.3 Å². The summed E-state index contributed by atoms with van der Waals surface area (Å²) in [5.74, 6) is 0. The van der Waals surface area contributed by atoms with Crippen LogP contribution in [0.25, 0.3) is 0 Å². The molecule has 2 aromatic rings. The van der Waals surface area contributed by atoms with Gasteiger partial charge < -0.3 is 5.32 Å². The van der Waals surface area contributed by atoms with Gasteiger partial charge in [-0.25, -0.2) is 0 Å². The van der Waals surface area contributed by atoms with Crippen molar-refractivity contribution in [3.63, 3.8) is 0 Å². The van der Waals surface area contributed by atoms with Crippen LogP contribution in [-0.2, 0) is 11.8 Å². The van der Waals surface area contributed by atoms with E-state index in [2.05, 4.69) is 47.8 Å². The van der Waals surface area contributed by atoms with Crippen LogP contribution in [0.1, 0.15) is 24.0 Å². The topological polar surface area (TPSA) is 35.8 Å². The molecule has 0 radical (unpaired) electrons. The standard InChI is InChI=1S/C19H20N2/c20-15-19(17-9-5-2-6-10-17)13-18(14-19)21-12-11-16-7-3-1-4-8-16/h1-10,18,21H,11-14H2. The minimum atomic E-state index is -0.272. The number of hydrogen-bond donors (Lipinski definition) is 1. The van der Waals surface area contributed by atoms with Crippen LogP contribution in [0.3, 0.4) is 0 Å². The summed E-state index contributed by atoms with van der Waals surface area (Å²) in [6.07, 6.45) is 2.88. The number of nitrogens with one attached hydrogen (secondary N) is 1. The van der Waals surface area contributed by atoms with Crippen LogP contribution in [0.5, 0.6) is 0 Å². The third kappa shape index (κ3) is 2.99. The summed E-state index contributed by atoms with van der Waals surface area (Å²) in [6.45, 7) is 0.977. The second-order valence-corrected chi connectivity index (χ2v) is 5.85. The van der Waals surface area contributed by atoms with E-state index in [0.29, 0.717) is 6.04 Å². The molecule has 1 aliphatic carbocycles. The third-order valence-corrected chi connectivity index (χ3v) is 4.42. The Kier molecular flexibility index (Phi) is 4.03. The summed E-state index contributed by atoms with van der Waals surface area (Å²) in [7, 11) is 0.